The molecular weight excluding hydrogens is 464 g/mol. The second-order valence-electron chi connectivity index (χ2n) is 9.98. The monoisotopic (exact) mass is 488 g/mol. The second-order valence-corrected chi connectivity index (χ2v) is 10.9. The van der Waals surface area contributed by atoms with Gasteiger partial charge >= 0.3 is 5.97 Å². The topological polar surface area (TPSA) is 108 Å². The summed E-state index contributed by atoms with van der Waals surface area (Å²) in [5.74, 6) is -1.43. The van der Waals surface area contributed by atoms with Crippen molar-refractivity contribution in [2.75, 3.05) is 0 Å². The summed E-state index contributed by atoms with van der Waals surface area (Å²) >= 11 is 3.43. The van der Waals surface area contributed by atoms with Crippen LogP contribution < -0.4 is 15.8 Å². The van der Waals surface area contributed by atoms with Crippen molar-refractivity contribution in [3.8, 4) is 5.75 Å². The lowest BCUT2D eigenvalue weighted by Gasteiger charge is -2.39. The molecule has 31 heavy (non-hydrogen) atoms. The van der Waals surface area contributed by atoms with Gasteiger partial charge in [-0.05, 0) is 50.8 Å². The highest BCUT2D eigenvalue weighted by molar-refractivity contribution is 9.10. The number of allylic oxidation sites excluding steroid dienone is 1. The maximum atomic E-state index is 13.7. The molecule has 3 aliphatic rings. The number of carbonyl (C=O) groups excluding carboxylic acids is 3. The quantitative estimate of drug-likeness (QED) is 0.586. The number of hydrogen-bond acceptors (Lipinski definition) is 6. The van der Waals surface area contributed by atoms with Crippen molar-refractivity contribution in [3.05, 3.63) is 51.0 Å². The molecule has 2 aliphatic heterocycles. The molecule has 0 unspecified atom stereocenters. The minimum atomic E-state index is -1.73. The third kappa shape index (κ3) is 3.28. The molecule has 1 amide bonds. The van der Waals surface area contributed by atoms with Crippen LogP contribution in [0.3, 0.4) is 0 Å². The first kappa shape index (κ1) is 21.6. The normalized spacial score (nSPS) is 24.6. The standard InChI is InChI=1S/C23H25BrN2O5/c1-21(2,3)31-19(28)17-18(25)30-15-7-6-11(24)8-12(15)23(17)16-13(26-20(23)29)9-22(4,5)10-14(16)27/h6-8H,9-10,25H2,1-5H3,(H,26,29)/t23-/m1/s1. The zero-order valence-electron chi connectivity index (χ0n) is 18.1. The number of amides is 1. The molecule has 3 N–H and O–H groups in total. The number of rotatable bonds is 1. The number of nitrogens with two attached hydrogens (primary N) is 1. The molecule has 1 spiro atoms. The van der Waals surface area contributed by atoms with Gasteiger partial charge in [0.25, 0.3) is 0 Å². The molecule has 7 nitrogen and oxygen atoms in total. The Hall–Kier alpha value is -2.61. The fraction of sp³-hybridized carbons (Fsp3) is 0.435. The summed E-state index contributed by atoms with van der Waals surface area (Å²) in [5.41, 5.74) is 4.33. The maximum absolute atomic E-state index is 13.7. The summed E-state index contributed by atoms with van der Waals surface area (Å²) in [6.07, 6.45) is 0.738. The zero-order chi connectivity index (χ0) is 22.9. The van der Waals surface area contributed by atoms with Crippen molar-refractivity contribution in [1.29, 1.82) is 0 Å². The molecule has 0 fully saturated rings. The van der Waals surface area contributed by atoms with Crippen LogP contribution in [0.25, 0.3) is 0 Å². The Morgan fingerprint density at radius 3 is 2.55 bits per heavy atom. The van der Waals surface area contributed by atoms with Crippen molar-refractivity contribution < 1.29 is 23.9 Å². The van der Waals surface area contributed by atoms with Crippen LogP contribution in [0.15, 0.2) is 45.4 Å². The molecule has 0 bridgehead atoms. The van der Waals surface area contributed by atoms with Crippen LogP contribution in [0.5, 0.6) is 5.75 Å². The Bertz CT molecular complexity index is 1110. The van der Waals surface area contributed by atoms with Crippen LogP contribution >= 0.6 is 15.9 Å². The van der Waals surface area contributed by atoms with E-state index in [4.69, 9.17) is 15.2 Å². The van der Waals surface area contributed by atoms with Crippen molar-refractivity contribution in [2.45, 2.75) is 58.5 Å². The highest BCUT2D eigenvalue weighted by Gasteiger charge is 2.63. The highest BCUT2D eigenvalue weighted by Crippen LogP contribution is 2.55. The van der Waals surface area contributed by atoms with E-state index in [1.807, 2.05) is 13.8 Å². The van der Waals surface area contributed by atoms with E-state index in [0.717, 1.165) is 0 Å². The summed E-state index contributed by atoms with van der Waals surface area (Å²) in [6.45, 7) is 9.10. The second kappa shape index (κ2) is 6.69. The summed E-state index contributed by atoms with van der Waals surface area (Å²) in [5, 5.41) is 2.88. The minimum Gasteiger partial charge on any atom is -0.456 e. The van der Waals surface area contributed by atoms with Crippen LogP contribution in [-0.2, 0) is 24.5 Å². The first-order valence-corrected chi connectivity index (χ1v) is 10.9. The van der Waals surface area contributed by atoms with Crippen molar-refractivity contribution in [1.82, 2.24) is 5.32 Å². The van der Waals surface area contributed by atoms with E-state index in [0.29, 0.717) is 27.9 Å². The Balaban J connectivity index is 2.05. The van der Waals surface area contributed by atoms with Gasteiger partial charge in [0.2, 0.25) is 11.8 Å². The Labute approximate surface area is 189 Å². The van der Waals surface area contributed by atoms with Crippen LogP contribution in [0.2, 0.25) is 0 Å². The van der Waals surface area contributed by atoms with Gasteiger partial charge < -0.3 is 20.5 Å². The Kier molecular flexibility index (Phi) is 4.67. The molecule has 164 valence electrons. The van der Waals surface area contributed by atoms with E-state index in [9.17, 15) is 14.4 Å². The average Bonchev–Trinajstić information content (AvgIpc) is 2.85. The van der Waals surface area contributed by atoms with E-state index >= 15 is 0 Å². The van der Waals surface area contributed by atoms with Gasteiger partial charge in [0.1, 0.15) is 22.3 Å². The number of benzene rings is 1. The van der Waals surface area contributed by atoms with Crippen LogP contribution in [0, 0.1) is 5.41 Å². The molecule has 0 saturated carbocycles. The summed E-state index contributed by atoms with van der Waals surface area (Å²) < 4.78 is 12.0. The largest absolute Gasteiger partial charge is 0.456 e. The third-order valence-electron chi connectivity index (χ3n) is 5.65. The van der Waals surface area contributed by atoms with Crippen molar-refractivity contribution >= 4 is 33.6 Å². The van der Waals surface area contributed by atoms with E-state index in [-0.39, 0.29) is 34.6 Å². The van der Waals surface area contributed by atoms with E-state index in [1.165, 1.54) is 0 Å². The molecule has 1 aromatic carbocycles. The van der Waals surface area contributed by atoms with E-state index < -0.39 is 22.9 Å². The van der Waals surface area contributed by atoms with Crippen molar-refractivity contribution in [2.24, 2.45) is 11.1 Å². The lowest BCUT2D eigenvalue weighted by molar-refractivity contribution is -0.152. The Morgan fingerprint density at radius 2 is 1.90 bits per heavy atom. The predicted molar refractivity (Wildman–Crippen MR) is 117 cm³/mol. The summed E-state index contributed by atoms with van der Waals surface area (Å²) in [6, 6.07) is 5.09. The molecule has 0 saturated heterocycles. The number of ether oxygens (including phenoxy) is 2. The fourth-order valence-corrected chi connectivity index (χ4v) is 5.02. The van der Waals surface area contributed by atoms with E-state index in [1.54, 1.807) is 39.0 Å². The van der Waals surface area contributed by atoms with Gasteiger partial charge in [-0.2, -0.15) is 0 Å². The zero-order valence-corrected chi connectivity index (χ0v) is 19.7. The molecular formula is C23H25BrN2O5. The first-order chi connectivity index (χ1) is 14.3. The smallest absolute Gasteiger partial charge is 0.341 e. The van der Waals surface area contributed by atoms with Crippen molar-refractivity contribution in [3.63, 3.8) is 0 Å². The van der Waals surface area contributed by atoms with Gasteiger partial charge in [-0.25, -0.2) is 4.79 Å². The van der Waals surface area contributed by atoms with Gasteiger partial charge in [-0.15, -0.1) is 0 Å². The fourth-order valence-electron chi connectivity index (χ4n) is 4.66. The lowest BCUT2D eigenvalue weighted by Crippen LogP contribution is -2.49. The van der Waals surface area contributed by atoms with Crippen LogP contribution in [0.1, 0.15) is 53.0 Å². The van der Waals surface area contributed by atoms with Gasteiger partial charge in [0.05, 0.1) is 0 Å². The van der Waals surface area contributed by atoms with Gasteiger partial charge in [0.15, 0.2) is 5.78 Å². The van der Waals surface area contributed by atoms with Crippen LogP contribution in [-0.4, -0.2) is 23.3 Å². The average molecular weight is 489 g/mol. The molecule has 8 heteroatoms. The maximum Gasteiger partial charge on any atom is 0.341 e. The number of ketones is 1. The number of hydrogen-bond donors (Lipinski definition) is 2. The van der Waals surface area contributed by atoms with Gasteiger partial charge in [-0.3, -0.25) is 9.59 Å². The molecule has 1 atom stereocenters. The minimum absolute atomic E-state index is 0.163. The molecule has 0 aromatic heterocycles. The lowest BCUT2D eigenvalue weighted by atomic mass is 9.63. The van der Waals surface area contributed by atoms with E-state index in [2.05, 4.69) is 21.2 Å². The molecule has 1 aromatic rings. The van der Waals surface area contributed by atoms with Gasteiger partial charge in [0, 0.05) is 27.7 Å². The molecule has 4 rings (SSSR count). The number of esters is 1. The third-order valence-corrected chi connectivity index (χ3v) is 6.14. The predicted octanol–water partition coefficient (Wildman–Crippen LogP) is 3.36. The summed E-state index contributed by atoms with van der Waals surface area (Å²) in [7, 11) is 0. The number of fused-ring (bicyclic) bond motifs is 3. The van der Waals surface area contributed by atoms with Gasteiger partial charge in [-0.1, -0.05) is 29.8 Å². The first-order valence-electron chi connectivity index (χ1n) is 10.1. The van der Waals surface area contributed by atoms with Crippen LogP contribution in [0.4, 0.5) is 0 Å². The number of Topliss-reactive ketones (excluding diaryl/α,β-unsaturated/α-hetero) is 1. The summed E-state index contributed by atoms with van der Waals surface area (Å²) in [4.78, 5) is 40.5. The number of carbonyl (C=O) groups is 3. The Morgan fingerprint density at radius 1 is 1.23 bits per heavy atom. The molecule has 0 radical (unpaired) electrons. The molecule has 2 heterocycles. The number of halogens is 1. The SMILES string of the molecule is CC1(C)CC(=O)C2=C(C1)NC(=O)[C@@]21C(C(=O)OC(C)(C)C)=C(N)Oc2ccc(Br)cc21. The number of nitrogens with one attached hydrogen (secondary N) is 1. The highest BCUT2D eigenvalue weighted by atomic mass is 79.9. The molecule has 1 aliphatic carbocycles.